The molecule has 2 aliphatic rings. The average molecular weight is 382 g/mol. The number of hydrogen-bond acceptors (Lipinski definition) is 5. The second-order valence-electron chi connectivity index (χ2n) is 6.97. The van der Waals surface area contributed by atoms with Gasteiger partial charge < -0.3 is 23.7 Å². The monoisotopic (exact) mass is 382 g/mol. The summed E-state index contributed by atoms with van der Waals surface area (Å²) < 4.78 is 30.3. The third kappa shape index (κ3) is 4.45. The van der Waals surface area contributed by atoms with Gasteiger partial charge in [-0.25, -0.2) is 0 Å². The zero-order valence-corrected chi connectivity index (χ0v) is 16.0. The van der Waals surface area contributed by atoms with Gasteiger partial charge in [-0.3, -0.25) is 0 Å². The normalized spacial score (nSPS) is 29.2. The third-order valence-corrected chi connectivity index (χ3v) is 4.96. The first-order valence-electron chi connectivity index (χ1n) is 9.70. The van der Waals surface area contributed by atoms with Crippen molar-refractivity contribution in [3.05, 3.63) is 84.1 Å². The number of rotatable bonds is 8. The summed E-state index contributed by atoms with van der Waals surface area (Å²) >= 11 is 0. The van der Waals surface area contributed by atoms with Crippen molar-refractivity contribution in [1.82, 2.24) is 0 Å². The minimum absolute atomic E-state index is 0.167. The van der Waals surface area contributed by atoms with Crippen LogP contribution in [0.3, 0.4) is 0 Å². The molecule has 0 aromatic heterocycles. The predicted octanol–water partition coefficient (Wildman–Crippen LogP) is 3.83. The van der Waals surface area contributed by atoms with Crippen molar-refractivity contribution < 1.29 is 23.7 Å². The van der Waals surface area contributed by atoms with E-state index in [9.17, 15) is 0 Å². The standard InChI is InChI=1S/C23H26O5/c1-2-13-24-22-21(26-15-18-11-7-4-8-12-18)20(19-16-27-23(22)28-19)25-14-17-9-5-3-6-10-17/h2-13,19-23H,14-16H2,1H3/b13-2-/t19-,20-,21+,22-,23-/m1/s1. The van der Waals surface area contributed by atoms with Crippen LogP contribution in [0.2, 0.25) is 0 Å². The van der Waals surface area contributed by atoms with Gasteiger partial charge in [0.1, 0.15) is 18.3 Å². The molecular formula is C23H26O5. The molecule has 0 saturated carbocycles. The molecule has 2 aliphatic heterocycles. The number of benzene rings is 2. The van der Waals surface area contributed by atoms with Gasteiger partial charge in [-0.1, -0.05) is 66.7 Å². The minimum atomic E-state index is -0.446. The Kier molecular flexibility index (Phi) is 6.39. The molecule has 2 aromatic carbocycles. The van der Waals surface area contributed by atoms with Gasteiger partial charge in [-0.05, 0) is 18.1 Å². The summed E-state index contributed by atoms with van der Waals surface area (Å²) in [6.07, 6.45) is 1.92. The molecule has 2 heterocycles. The smallest absolute Gasteiger partial charge is 0.197 e. The van der Waals surface area contributed by atoms with Crippen LogP contribution in [0, 0.1) is 0 Å². The van der Waals surface area contributed by atoms with E-state index < -0.39 is 6.29 Å². The Bertz CT molecular complexity index is 748. The van der Waals surface area contributed by atoms with Gasteiger partial charge in [0.05, 0.1) is 26.1 Å². The van der Waals surface area contributed by atoms with Gasteiger partial charge in [0, 0.05) is 0 Å². The van der Waals surface area contributed by atoms with Crippen LogP contribution in [0.5, 0.6) is 0 Å². The van der Waals surface area contributed by atoms with E-state index in [4.69, 9.17) is 23.7 Å². The van der Waals surface area contributed by atoms with Gasteiger partial charge >= 0.3 is 0 Å². The lowest BCUT2D eigenvalue weighted by molar-refractivity contribution is -0.255. The average Bonchev–Trinajstić information content (AvgIpc) is 3.18. The van der Waals surface area contributed by atoms with Gasteiger partial charge in [0.2, 0.25) is 0 Å². The van der Waals surface area contributed by atoms with Crippen LogP contribution in [0.4, 0.5) is 0 Å². The Balaban J connectivity index is 1.51. The molecule has 5 atom stereocenters. The third-order valence-electron chi connectivity index (χ3n) is 4.96. The van der Waals surface area contributed by atoms with Crippen LogP contribution in [0.1, 0.15) is 18.1 Å². The fourth-order valence-electron chi connectivity index (χ4n) is 3.57. The van der Waals surface area contributed by atoms with Crippen LogP contribution in [-0.2, 0) is 36.9 Å². The molecule has 2 bridgehead atoms. The number of ether oxygens (including phenoxy) is 5. The van der Waals surface area contributed by atoms with Crippen LogP contribution in [0.25, 0.3) is 0 Å². The Morgan fingerprint density at radius 3 is 2.07 bits per heavy atom. The van der Waals surface area contributed by atoms with E-state index in [0.717, 1.165) is 11.1 Å². The summed E-state index contributed by atoms with van der Waals surface area (Å²) in [7, 11) is 0. The number of hydrogen-bond donors (Lipinski definition) is 0. The van der Waals surface area contributed by atoms with E-state index in [-0.39, 0.29) is 24.4 Å². The molecule has 0 N–H and O–H groups in total. The van der Waals surface area contributed by atoms with Crippen LogP contribution < -0.4 is 0 Å². The molecule has 2 saturated heterocycles. The maximum atomic E-state index is 6.32. The highest BCUT2D eigenvalue weighted by Crippen LogP contribution is 2.34. The molecule has 0 unspecified atom stereocenters. The molecule has 0 amide bonds. The predicted molar refractivity (Wildman–Crippen MR) is 104 cm³/mol. The highest BCUT2D eigenvalue weighted by atomic mass is 16.8. The molecule has 4 rings (SSSR count). The molecule has 0 radical (unpaired) electrons. The van der Waals surface area contributed by atoms with Crippen molar-refractivity contribution in [1.29, 1.82) is 0 Å². The van der Waals surface area contributed by atoms with Gasteiger partial charge in [0.15, 0.2) is 12.4 Å². The lowest BCUT2D eigenvalue weighted by Gasteiger charge is -2.39. The lowest BCUT2D eigenvalue weighted by atomic mass is 10.00. The lowest BCUT2D eigenvalue weighted by Crippen LogP contribution is -2.56. The molecule has 148 valence electrons. The summed E-state index contributed by atoms with van der Waals surface area (Å²) in [6, 6.07) is 20.2. The van der Waals surface area contributed by atoms with E-state index in [2.05, 4.69) is 0 Å². The number of allylic oxidation sites excluding steroid dienone is 1. The molecule has 2 aromatic rings. The Morgan fingerprint density at radius 1 is 0.857 bits per heavy atom. The van der Waals surface area contributed by atoms with Gasteiger partial charge in [-0.15, -0.1) is 0 Å². The van der Waals surface area contributed by atoms with E-state index in [1.807, 2.05) is 73.7 Å². The summed E-state index contributed by atoms with van der Waals surface area (Å²) in [5, 5.41) is 0. The van der Waals surface area contributed by atoms with Crippen LogP contribution >= 0.6 is 0 Å². The van der Waals surface area contributed by atoms with Crippen molar-refractivity contribution in [2.24, 2.45) is 0 Å². The molecular weight excluding hydrogens is 356 g/mol. The zero-order valence-electron chi connectivity index (χ0n) is 16.0. The highest BCUT2D eigenvalue weighted by Gasteiger charge is 2.53. The highest BCUT2D eigenvalue weighted by molar-refractivity contribution is 5.14. The van der Waals surface area contributed by atoms with Crippen molar-refractivity contribution in [3.63, 3.8) is 0 Å². The van der Waals surface area contributed by atoms with E-state index >= 15 is 0 Å². The fraction of sp³-hybridized carbons (Fsp3) is 0.391. The molecule has 2 fully saturated rings. The fourth-order valence-corrected chi connectivity index (χ4v) is 3.57. The second-order valence-corrected chi connectivity index (χ2v) is 6.97. The van der Waals surface area contributed by atoms with Crippen molar-refractivity contribution >= 4 is 0 Å². The SMILES string of the molecule is C/C=C\O[C@H]1[C@@H]2OC[C@@H](O2)[C@@H](OCc2ccccc2)[C@@H]1OCc1ccccc1. The number of fused-ring (bicyclic) bond motifs is 2. The van der Waals surface area contributed by atoms with E-state index in [0.29, 0.717) is 19.8 Å². The maximum Gasteiger partial charge on any atom is 0.197 e. The first kappa shape index (κ1) is 19.2. The quantitative estimate of drug-likeness (QED) is 0.650. The summed E-state index contributed by atoms with van der Waals surface area (Å²) in [5.74, 6) is 0. The Morgan fingerprint density at radius 2 is 1.46 bits per heavy atom. The van der Waals surface area contributed by atoms with Gasteiger partial charge in [0.25, 0.3) is 0 Å². The second kappa shape index (κ2) is 9.34. The van der Waals surface area contributed by atoms with E-state index in [1.54, 1.807) is 6.26 Å². The summed E-state index contributed by atoms with van der Waals surface area (Å²) in [6.45, 7) is 3.35. The molecule has 28 heavy (non-hydrogen) atoms. The molecule has 5 heteroatoms. The van der Waals surface area contributed by atoms with Crippen molar-refractivity contribution in [2.75, 3.05) is 6.61 Å². The zero-order chi connectivity index (χ0) is 19.2. The first-order valence-corrected chi connectivity index (χ1v) is 9.70. The summed E-state index contributed by atoms with van der Waals surface area (Å²) in [5.41, 5.74) is 2.21. The molecule has 0 aliphatic carbocycles. The van der Waals surface area contributed by atoms with Crippen LogP contribution in [0.15, 0.2) is 73.0 Å². The topological polar surface area (TPSA) is 46.2 Å². The first-order chi connectivity index (χ1) is 13.8. The summed E-state index contributed by atoms with van der Waals surface area (Å²) in [4.78, 5) is 0. The maximum absolute atomic E-state index is 6.32. The molecule has 5 nitrogen and oxygen atoms in total. The Labute approximate surface area is 165 Å². The molecule has 0 spiro atoms. The van der Waals surface area contributed by atoms with E-state index in [1.165, 1.54) is 0 Å². The van der Waals surface area contributed by atoms with Crippen molar-refractivity contribution in [3.8, 4) is 0 Å². The van der Waals surface area contributed by atoms with Gasteiger partial charge in [-0.2, -0.15) is 0 Å². The Hall–Kier alpha value is -2.18. The minimum Gasteiger partial charge on any atom is -0.490 e. The van der Waals surface area contributed by atoms with Crippen molar-refractivity contribution in [2.45, 2.75) is 50.8 Å². The van der Waals surface area contributed by atoms with Crippen LogP contribution in [-0.4, -0.2) is 37.3 Å². The largest absolute Gasteiger partial charge is 0.490 e.